The van der Waals surface area contributed by atoms with Gasteiger partial charge in [0.1, 0.15) is 0 Å². The first-order chi connectivity index (χ1) is 3.85. The SMILES string of the molecule is CO[As](C=CCl)OC. The minimum atomic E-state index is -1.56. The van der Waals surface area contributed by atoms with Gasteiger partial charge in [0.2, 0.25) is 0 Å². The number of halogens is 1. The van der Waals surface area contributed by atoms with Gasteiger partial charge in [-0.1, -0.05) is 0 Å². The first-order valence-corrected chi connectivity index (χ1v) is 5.04. The van der Waals surface area contributed by atoms with Gasteiger partial charge in [-0.05, 0) is 0 Å². The van der Waals surface area contributed by atoms with Crippen LogP contribution in [0.3, 0.4) is 0 Å². The first-order valence-electron chi connectivity index (χ1n) is 1.99. The second-order valence-corrected chi connectivity index (χ2v) is 4.53. The van der Waals surface area contributed by atoms with E-state index in [0.717, 1.165) is 0 Å². The molecule has 0 radical (unpaired) electrons. The summed E-state index contributed by atoms with van der Waals surface area (Å²) in [5.74, 6) is 0. The molecule has 0 aliphatic heterocycles. The van der Waals surface area contributed by atoms with Crippen molar-refractivity contribution in [3.8, 4) is 0 Å². The average Bonchev–Trinajstić information content (AvgIpc) is 1.83. The molecule has 0 atom stereocenters. The Hall–Kier alpha value is 0.508. The van der Waals surface area contributed by atoms with Crippen LogP contribution < -0.4 is 0 Å². The van der Waals surface area contributed by atoms with Crippen LogP contribution in [0.15, 0.2) is 10.4 Å². The van der Waals surface area contributed by atoms with E-state index in [-0.39, 0.29) is 0 Å². The van der Waals surface area contributed by atoms with E-state index in [0.29, 0.717) is 0 Å². The summed E-state index contributed by atoms with van der Waals surface area (Å²) in [4.78, 5) is 1.74. The molecule has 0 saturated heterocycles. The average molecular weight is 198 g/mol. The van der Waals surface area contributed by atoms with Gasteiger partial charge < -0.3 is 0 Å². The molecular weight excluding hydrogens is 190 g/mol. The Labute approximate surface area is 59.4 Å². The third-order valence-corrected chi connectivity index (χ3v) is 3.38. The van der Waals surface area contributed by atoms with E-state index in [1.807, 2.05) is 0 Å². The predicted octanol–water partition coefficient (Wildman–Crippen LogP) is 1.06. The summed E-state index contributed by atoms with van der Waals surface area (Å²) in [5.41, 5.74) is 1.42. The van der Waals surface area contributed by atoms with Gasteiger partial charge in [-0.3, -0.25) is 0 Å². The summed E-state index contributed by atoms with van der Waals surface area (Å²) >= 11 is 3.69. The van der Waals surface area contributed by atoms with Crippen molar-refractivity contribution in [2.75, 3.05) is 14.2 Å². The van der Waals surface area contributed by atoms with E-state index >= 15 is 0 Å². The molecule has 0 aliphatic rings. The quantitative estimate of drug-likeness (QED) is 0.632. The zero-order valence-corrected chi connectivity index (χ0v) is 7.43. The van der Waals surface area contributed by atoms with Crippen molar-refractivity contribution in [2.45, 2.75) is 0 Å². The Morgan fingerprint density at radius 3 is 2.00 bits per heavy atom. The monoisotopic (exact) mass is 198 g/mol. The molecule has 0 fully saturated rings. The van der Waals surface area contributed by atoms with Crippen molar-refractivity contribution in [1.29, 1.82) is 0 Å². The summed E-state index contributed by atoms with van der Waals surface area (Å²) in [7, 11) is 3.22. The summed E-state index contributed by atoms with van der Waals surface area (Å²) in [6, 6.07) is 0. The molecule has 0 heterocycles. The van der Waals surface area contributed by atoms with Crippen LogP contribution in [0.25, 0.3) is 0 Å². The molecule has 4 heteroatoms. The fraction of sp³-hybridized carbons (Fsp3) is 0.500. The Kier molecular flexibility index (Phi) is 6.00. The van der Waals surface area contributed by atoms with E-state index in [1.165, 1.54) is 5.54 Å². The number of rotatable bonds is 3. The Morgan fingerprint density at radius 1 is 1.38 bits per heavy atom. The second kappa shape index (κ2) is 5.64. The zero-order chi connectivity index (χ0) is 6.41. The molecule has 0 rings (SSSR count). The van der Waals surface area contributed by atoms with Crippen molar-refractivity contribution >= 4 is 26.9 Å². The molecule has 0 aromatic heterocycles. The maximum atomic E-state index is 5.25. The standard InChI is InChI=1S/C4H8AsClO2/c1-7-5(8-2)3-4-6/h3-4H,1-2H3. The van der Waals surface area contributed by atoms with Crippen molar-refractivity contribution < 1.29 is 7.45 Å². The molecule has 48 valence electrons. The van der Waals surface area contributed by atoms with Crippen LogP contribution in [0.5, 0.6) is 0 Å². The van der Waals surface area contributed by atoms with Crippen molar-refractivity contribution in [3.05, 3.63) is 10.4 Å². The third kappa shape index (κ3) is 3.50. The molecule has 0 amide bonds. The normalized spacial score (nSPS) is 11.5. The van der Waals surface area contributed by atoms with Crippen molar-refractivity contribution in [1.82, 2.24) is 0 Å². The molecular formula is C4H8AsClO2. The van der Waals surface area contributed by atoms with Crippen LogP contribution in [0.4, 0.5) is 0 Å². The molecule has 0 aliphatic carbocycles. The predicted molar refractivity (Wildman–Crippen MR) is 34.8 cm³/mol. The zero-order valence-electron chi connectivity index (χ0n) is 4.80. The minimum absolute atomic E-state index is 1.42. The van der Waals surface area contributed by atoms with Gasteiger partial charge in [0.05, 0.1) is 0 Å². The fourth-order valence-electron chi connectivity index (χ4n) is 0.242. The first kappa shape index (κ1) is 8.51. The Morgan fingerprint density at radius 2 is 1.88 bits per heavy atom. The van der Waals surface area contributed by atoms with E-state index in [9.17, 15) is 0 Å². The molecule has 8 heavy (non-hydrogen) atoms. The van der Waals surface area contributed by atoms with Crippen molar-refractivity contribution in [3.63, 3.8) is 0 Å². The van der Waals surface area contributed by atoms with Crippen molar-refractivity contribution in [2.24, 2.45) is 0 Å². The molecule has 0 unspecified atom stereocenters. The molecule has 0 spiro atoms. The van der Waals surface area contributed by atoms with Crippen LogP contribution in [-0.4, -0.2) is 29.6 Å². The number of hydrogen-bond donors (Lipinski definition) is 0. The van der Waals surface area contributed by atoms with Crippen LogP contribution in [-0.2, 0) is 7.45 Å². The van der Waals surface area contributed by atoms with Crippen LogP contribution >= 0.6 is 11.6 Å². The topological polar surface area (TPSA) is 18.5 Å². The van der Waals surface area contributed by atoms with Gasteiger partial charge in [-0.15, -0.1) is 0 Å². The summed E-state index contributed by atoms with van der Waals surface area (Å²) < 4.78 is 9.78. The van der Waals surface area contributed by atoms with E-state index in [1.54, 1.807) is 19.1 Å². The second-order valence-electron chi connectivity index (χ2n) is 0.926. The third-order valence-electron chi connectivity index (χ3n) is 0.538. The molecule has 0 bridgehead atoms. The molecule has 2 nitrogen and oxygen atoms in total. The molecule has 0 aromatic rings. The summed E-state index contributed by atoms with van der Waals surface area (Å²) in [6.45, 7) is 0. The summed E-state index contributed by atoms with van der Waals surface area (Å²) in [5, 5.41) is 0. The molecule has 0 saturated carbocycles. The van der Waals surface area contributed by atoms with Gasteiger partial charge in [-0.2, -0.15) is 0 Å². The van der Waals surface area contributed by atoms with Gasteiger partial charge in [0.15, 0.2) is 0 Å². The van der Waals surface area contributed by atoms with Gasteiger partial charge in [0.25, 0.3) is 0 Å². The van der Waals surface area contributed by atoms with E-state index in [4.69, 9.17) is 19.1 Å². The van der Waals surface area contributed by atoms with Crippen LogP contribution in [0.1, 0.15) is 0 Å². The number of hydrogen-bond acceptors (Lipinski definition) is 2. The van der Waals surface area contributed by atoms with E-state index < -0.39 is 15.3 Å². The summed E-state index contributed by atoms with van der Waals surface area (Å²) in [6.07, 6.45) is 0. The van der Waals surface area contributed by atoms with Crippen LogP contribution in [0.2, 0.25) is 0 Å². The molecule has 0 aromatic carbocycles. The Balaban J connectivity index is 3.36. The fourth-order valence-corrected chi connectivity index (χ4v) is 1.74. The van der Waals surface area contributed by atoms with Crippen LogP contribution in [0, 0.1) is 0 Å². The van der Waals surface area contributed by atoms with Gasteiger partial charge >= 0.3 is 59.0 Å². The van der Waals surface area contributed by atoms with Gasteiger partial charge in [-0.25, -0.2) is 0 Å². The van der Waals surface area contributed by atoms with E-state index in [2.05, 4.69) is 0 Å². The Bertz CT molecular complexity index is 72.4. The van der Waals surface area contributed by atoms with Gasteiger partial charge in [0, 0.05) is 0 Å². The molecule has 0 N–H and O–H groups in total. The maximum absolute atomic E-state index is 5.25.